The fraction of sp³-hybridized carbons (Fsp3) is 0.455. The van der Waals surface area contributed by atoms with E-state index < -0.39 is 0 Å². The fourth-order valence-corrected chi connectivity index (χ4v) is 2.60. The van der Waals surface area contributed by atoms with E-state index in [1.54, 1.807) is 17.5 Å². The van der Waals surface area contributed by atoms with Crippen molar-refractivity contribution in [1.82, 2.24) is 20.5 Å². The lowest BCUT2D eigenvalue weighted by Crippen LogP contribution is -2.19. The van der Waals surface area contributed by atoms with E-state index in [0.29, 0.717) is 0 Å². The number of nitrogens with zero attached hydrogens (tertiary/aromatic N) is 2. The summed E-state index contributed by atoms with van der Waals surface area (Å²) in [6, 6.07) is 2.24. The molecular weight excluding hydrogens is 220 g/mol. The largest absolute Gasteiger partial charge is 0.303 e. The van der Waals surface area contributed by atoms with E-state index in [4.69, 9.17) is 0 Å². The Kier molecular flexibility index (Phi) is 3.36. The van der Waals surface area contributed by atoms with Crippen LogP contribution < -0.4 is 5.32 Å². The second-order valence-corrected chi connectivity index (χ2v) is 5.27. The highest BCUT2D eigenvalue weighted by Gasteiger charge is 2.12. The Morgan fingerprint density at radius 2 is 2.31 bits per heavy atom. The Morgan fingerprint density at radius 1 is 1.50 bits per heavy atom. The van der Waals surface area contributed by atoms with Gasteiger partial charge in [-0.25, -0.2) is 4.98 Å². The number of aromatic nitrogens is 3. The molecule has 1 atom stereocenters. The Balaban J connectivity index is 1.98. The highest BCUT2D eigenvalue weighted by molar-refractivity contribution is 7.11. The molecule has 0 spiro atoms. The molecule has 2 N–H and O–H groups in total. The molecule has 0 bridgehead atoms. The van der Waals surface area contributed by atoms with Gasteiger partial charge in [-0.2, -0.15) is 5.10 Å². The molecule has 86 valence electrons. The summed E-state index contributed by atoms with van der Waals surface area (Å²) in [7, 11) is 0. The van der Waals surface area contributed by atoms with Crippen molar-refractivity contribution in [1.29, 1.82) is 0 Å². The normalized spacial score (nSPS) is 12.9. The number of rotatable bonds is 4. The molecule has 2 rings (SSSR count). The number of hydrogen-bond donors (Lipinski definition) is 2. The van der Waals surface area contributed by atoms with Gasteiger partial charge in [0.1, 0.15) is 0 Å². The first-order valence-electron chi connectivity index (χ1n) is 5.32. The average molecular weight is 236 g/mol. The van der Waals surface area contributed by atoms with Crippen molar-refractivity contribution in [2.75, 3.05) is 0 Å². The maximum Gasteiger partial charge on any atom is 0.0900 e. The lowest BCUT2D eigenvalue weighted by molar-refractivity contribution is 0.554. The van der Waals surface area contributed by atoms with Gasteiger partial charge in [-0.15, -0.1) is 11.3 Å². The zero-order valence-electron chi connectivity index (χ0n) is 9.74. The number of hydrogen-bond acceptors (Lipinski definition) is 4. The molecule has 16 heavy (non-hydrogen) atoms. The van der Waals surface area contributed by atoms with Gasteiger partial charge in [-0.05, 0) is 26.8 Å². The summed E-state index contributed by atoms with van der Waals surface area (Å²) >= 11 is 1.75. The van der Waals surface area contributed by atoms with Crippen LogP contribution in [0.2, 0.25) is 0 Å². The van der Waals surface area contributed by atoms with Gasteiger partial charge in [-0.1, -0.05) is 0 Å². The molecule has 0 aliphatic carbocycles. The molecule has 0 fully saturated rings. The van der Waals surface area contributed by atoms with E-state index in [9.17, 15) is 0 Å². The minimum atomic E-state index is 0.272. The van der Waals surface area contributed by atoms with Crippen LogP contribution in [0.3, 0.4) is 0 Å². The third kappa shape index (κ3) is 2.48. The SMILES string of the molecule is Cc1nc(C(C)NCc2ccn[nH]2)c(C)s1. The predicted molar refractivity (Wildman–Crippen MR) is 65.4 cm³/mol. The maximum absolute atomic E-state index is 4.54. The number of nitrogens with one attached hydrogen (secondary N) is 2. The molecule has 4 nitrogen and oxygen atoms in total. The van der Waals surface area contributed by atoms with E-state index in [-0.39, 0.29) is 6.04 Å². The summed E-state index contributed by atoms with van der Waals surface area (Å²) < 4.78 is 0. The van der Waals surface area contributed by atoms with Crippen molar-refractivity contribution in [2.24, 2.45) is 0 Å². The van der Waals surface area contributed by atoms with Gasteiger partial charge in [-0.3, -0.25) is 5.10 Å². The molecule has 1 unspecified atom stereocenters. The van der Waals surface area contributed by atoms with Crippen molar-refractivity contribution in [2.45, 2.75) is 33.4 Å². The van der Waals surface area contributed by atoms with E-state index in [0.717, 1.165) is 22.9 Å². The Bertz CT molecular complexity index is 447. The Hall–Kier alpha value is -1.20. The van der Waals surface area contributed by atoms with Crippen LogP contribution in [0.1, 0.15) is 34.2 Å². The van der Waals surface area contributed by atoms with Gasteiger partial charge in [0.25, 0.3) is 0 Å². The van der Waals surface area contributed by atoms with Gasteiger partial charge in [0.15, 0.2) is 0 Å². The summed E-state index contributed by atoms with van der Waals surface area (Å²) in [4.78, 5) is 5.83. The molecule has 2 heterocycles. The first-order valence-corrected chi connectivity index (χ1v) is 6.14. The molecule has 0 aliphatic heterocycles. The second-order valence-electron chi connectivity index (χ2n) is 3.86. The summed E-state index contributed by atoms with van der Waals surface area (Å²) in [6.07, 6.45) is 1.76. The van der Waals surface area contributed by atoms with Crippen LogP contribution in [0, 0.1) is 13.8 Å². The maximum atomic E-state index is 4.54. The first kappa shape index (κ1) is 11.3. The van der Waals surface area contributed by atoms with Gasteiger partial charge >= 0.3 is 0 Å². The number of H-pyrrole nitrogens is 1. The van der Waals surface area contributed by atoms with E-state index >= 15 is 0 Å². The van der Waals surface area contributed by atoms with Crippen LogP contribution in [0.5, 0.6) is 0 Å². The number of aromatic amines is 1. The Labute approximate surface area is 99.1 Å². The van der Waals surface area contributed by atoms with E-state index in [2.05, 4.69) is 34.3 Å². The molecule has 2 aromatic heterocycles. The van der Waals surface area contributed by atoms with Gasteiger partial charge < -0.3 is 5.32 Å². The van der Waals surface area contributed by atoms with Crippen LogP contribution >= 0.6 is 11.3 Å². The lowest BCUT2D eigenvalue weighted by atomic mass is 10.2. The molecular formula is C11H16N4S. The number of thiazole rings is 1. The van der Waals surface area contributed by atoms with Crippen LogP contribution in [0.15, 0.2) is 12.3 Å². The molecule has 0 saturated carbocycles. The van der Waals surface area contributed by atoms with E-state index in [1.165, 1.54) is 4.88 Å². The smallest absolute Gasteiger partial charge is 0.0900 e. The monoisotopic (exact) mass is 236 g/mol. The van der Waals surface area contributed by atoms with Gasteiger partial charge in [0.05, 0.1) is 10.7 Å². The van der Waals surface area contributed by atoms with Crippen molar-refractivity contribution in [3.05, 3.63) is 33.5 Å². The number of aryl methyl sites for hydroxylation is 2. The highest BCUT2D eigenvalue weighted by Crippen LogP contribution is 2.22. The molecule has 0 radical (unpaired) electrons. The average Bonchev–Trinajstić information content (AvgIpc) is 2.84. The zero-order chi connectivity index (χ0) is 11.5. The highest BCUT2D eigenvalue weighted by atomic mass is 32.1. The topological polar surface area (TPSA) is 53.6 Å². The van der Waals surface area contributed by atoms with Crippen LogP contribution in [0.25, 0.3) is 0 Å². The summed E-state index contributed by atoms with van der Waals surface area (Å²) in [6.45, 7) is 7.09. The zero-order valence-corrected chi connectivity index (χ0v) is 10.6. The molecule has 2 aromatic rings. The second kappa shape index (κ2) is 4.76. The van der Waals surface area contributed by atoms with Crippen molar-refractivity contribution >= 4 is 11.3 Å². The third-order valence-electron chi connectivity index (χ3n) is 2.51. The standard InChI is InChI=1S/C11H16N4S/c1-7(11-8(2)16-9(3)14-11)12-6-10-4-5-13-15-10/h4-5,7,12H,6H2,1-3H3,(H,13,15). The van der Waals surface area contributed by atoms with Crippen molar-refractivity contribution < 1.29 is 0 Å². The van der Waals surface area contributed by atoms with Gasteiger partial charge in [0.2, 0.25) is 0 Å². The van der Waals surface area contributed by atoms with Gasteiger partial charge in [0, 0.05) is 29.4 Å². The van der Waals surface area contributed by atoms with Crippen molar-refractivity contribution in [3.8, 4) is 0 Å². The molecule has 0 aromatic carbocycles. The van der Waals surface area contributed by atoms with E-state index in [1.807, 2.05) is 13.0 Å². The van der Waals surface area contributed by atoms with Crippen LogP contribution in [-0.4, -0.2) is 15.2 Å². The van der Waals surface area contributed by atoms with Crippen LogP contribution in [0.4, 0.5) is 0 Å². The fourth-order valence-electron chi connectivity index (χ4n) is 1.69. The third-order valence-corrected chi connectivity index (χ3v) is 3.41. The summed E-state index contributed by atoms with van der Waals surface area (Å²) in [5, 5.41) is 11.4. The molecule has 5 heteroatoms. The predicted octanol–water partition coefficient (Wildman–Crippen LogP) is 2.33. The Morgan fingerprint density at radius 3 is 2.88 bits per heavy atom. The quantitative estimate of drug-likeness (QED) is 0.856. The molecule has 0 amide bonds. The summed E-state index contributed by atoms with van der Waals surface area (Å²) in [5.41, 5.74) is 2.25. The molecule has 0 aliphatic rings. The van der Waals surface area contributed by atoms with Crippen LogP contribution in [-0.2, 0) is 6.54 Å². The molecule has 0 saturated heterocycles. The lowest BCUT2D eigenvalue weighted by Gasteiger charge is -2.11. The minimum absolute atomic E-state index is 0.272. The summed E-state index contributed by atoms with van der Waals surface area (Å²) in [5.74, 6) is 0. The minimum Gasteiger partial charge on any atom is -0.303 e. The first-order chi connectivity index (χ1) is 7.66. The van der Waals surface area contributed by atoms with Crippen molar-refractivity contribution in [3.63, 3.8) is 0 Å².